The monoisotopic (exact) mass is 391 g/mol. The standard InChI is InChI=1S/C22H25N5O2/c1-14-8-7-9-16(12-14)13-27-18-19(26(3)22(29)25-20(18)28)24-21(27)23-15(2)17-10-5-4-6-11-17/h4-12,15,18-19H,13H2,1-3H3,(H,23,24)(H,25,28,29). The number of fused-ring (bicyclic) bond motifs is 1. The number of imide groups is 1. The van der Waals surface area contributed by atoms with E-state index >= 15 is 0 Å². The zero-order valence-electron chi connectivity index (χ0n) is 16.8. The first-order valence-electron chi connectivity index (χ1n) is 9.73. The van der Waals surface area contributed by atoms with Gasteiger partial charge in [-0.3, -0.25) is 10.1 Å². The molecule has 2 aromatic rings. The minimum atomic E-state index is -0.566. The Morgan fingerprint density at radius 3 is 2.62 bits per heavy atom. The molecule has 1 fully saturated rings. The van der Waals surface area contributed by atoms with E-state index < -0.39 is 18.2 Å². The molecule has 7 nitrogen and oxygen atoms in total. The minimum absolute atomic E-state index is 0.000758. The largest absolute Gasteiger partial charge is 0.350 e. The molecule has 1 saturated heterocycles. The number of amides is 3. The lowest BCUT2D eigenvalue weighted by molar-refractivity contribution is -0.127. The number of nitrogens with zero attached hydrogens (tertiary/aromatic N) is 3. The summed E-state index contributed by atoms with van der Waals surface area (Å²) in [6.07, 6.45) is -0.550. The van der Waals surface area contributed by atoms with E-state index in [2.05, 4.69) is 23.6 Å². The van der Waals surface area contributed by atoms with E-state index in [1.807, 2.05) is 60.4 Å². The number of aryl methyl sites for hydroxylation is 1. The predicted molar refractivity (Wildman–Crippen MR) is 111 cm³/mol. The van der Waals surface area contributed by atoms with Crippen molar-refractivity contribution in [2.24, 2.45) is 4.99 Å². The van der Waals surface area contributed by atoms with Crippen molar-refractivity contribution in [3.63, 3.8) is 0 Å². The zero-order valence-corrected chi connectivity index (χ0v) is 16.8. The van der Waals surface area contributed by atoms with Gasteiger partial charge in [-0.05, 0) is 25.0 Å². The van der Waals surface area contributed by atoms with E-state index in [-0.39, 0.29) is 11.9 Å². The number of carbonyl (C=O) groups excluding carboxylic acids is 2. The van der Waals surface area contributed by atoms with Gasteiger partial charge in [0.25, 0.3) is 5.91 Å². The SMILES string of the molecule is Cc1cccc(CN2C(NC(C)c3ccccc3)=NC3C2C(=O)NC(=O)N3C)c1. The first-order valence-corrected chi connectivity index (χ1v) is 9.73. The van der Waals surface area contributed by atoms with Crippen LogP contribution in [0.2, 0.25) is 0 Å². The second-order valence-corrected chi connectivity index (χ2v) is 7.61. The quantitative estimate of drug-likeness (QED) is 0.839. The van der Waals surface area contributed by atoms with E-state index in [0.29, 0.717) is 12.5 Å². The number of hydrogen-bond acceptors (Lipinski definition) is 5. The second kappa shape index (κ2) is 7.58. The Morgan fingerprint density at radius 2 is 1.90 bits per heavy atom. The third-order valence-electron chi connectivity index (χ3n) is 5.44. The highest BCUT2D eigenvalue weighted by atomic mass is 16.2. The van der Waals surface area contributed by atoms with Gasteiger partial charge < -0.3 is 15.1 Å². The molecule has 2 aliphatic heterocycles. The fourth-order valence-electron chi connectivity index (χ4n) is 3.85. The highest BCUT2D eigenvalue weighted by Crippen LogP contribution is 2.26. The summed E-state index contributed by atoms with van der Waals surface area (Å²) < 4.78 is 0. The molecule has 2 heterocycles. The van der Waals surface area contributed by atoms with Gasteiger partial charge in [-0.15, -0.1) is 0 Å². The Hall–Kier alpha value is -3.35. The molecule has 4 rings (SSSR count). The van der Waals surface area contributed by atoms with Gasteiger partial charge in [0, 0.05) is 13.6 Å². The van der Waals surface area contributed by atoms with Gasteiger partial charge in [0.15, 0.2) is 18.2 Å². The molecule has 7 heteroatoms. The molecule has 3 unspecified atom stereocenters. The lowest BCUT2D eigenvalue weighted by atomic mass is 10.1. The summed E-state index contributed by atoms with van der Waals surface area (Å²) in [7, 11) is 1.66. The van der Waals surface area contributed by atoms with Gasteiger partial charge in [0.1, 0.15) is 0 Å². The van der Waals surface area contributed by atoms with Crippen LogP contribution >= 0.6 is 0 Å². The topological polar surface area (TPSA) is 77.0 Å². The summed E-state index contributed by atoms with van der Waals surface area (Å²) in [4.78, 5) is 33.0. The molecule has 150 valence electrons. The van der Waals surface area contributed by atoms with Crippen molar-refractivity contribution < 1.29 is 9.59 Å². The average Bonchev–Trinajstić information content (AvgIpc) is 3.05. The van der Waals surface area contributed by atoms with Crippen LogP contribution in [-0.4, -0.2) is 47.0 Å². The number of urea groups is 1. The molecule has 29 heavy (non-hydrogen) atoms. The summed E-state index contributed by atoms with van der Waals surface area (Å²) >= 11 is 0. The first kappa shape index (κ1) is 19.0. The van der Waals surface area contributed by atoms with E-state index in [1.54, 1.807) is 7.05 Å². The lowest BCUT2D eigenvalue weighted by Gasteiger charge is -2.36. The van der Waals surface area contributed by atoms with Crippen LogP contribution in [0.15, 0.2) is 59.6 Å². The Morgan fingerprint density at radius 1 is 1.14 bits per heavy atom. The normalized spacial score (nSPS) is 22.1. The minimum Gasteiger partial charge on any atom is -0.350 e. The maximum atomic E-state index is 12.7. The van der Waals surface area contributed by atoms with Gasteiger partial charge in [0.2, 0.25) is 0 Å². The molecule has 0 aromatic heterocycles. The number of guanidine groups is 1. The van der Waals surface area contributed by atoms with Crippen molar-refractivity contribution in [3.8, 4) is 0 Å². The maximum Gasteiger partial charge on any atom is 0.325 e. The Kier molecular flexibility index (Phi) is 4.96. The molecular weight excluding hydrogens is 366 g/mol. The fraction of sp³-hybridized carbons (Fsp3) is 0.318. The smallest absolute Gasteiger partial charge is 0.325 e. The number of carbonyl (C=O) groups is 2. The van der Waals surface area contributed by atoms with Crippen molar-refractivity contribution in [2.45, 2.75) is 38.6 Å². The average molecular weight is 391 g/mol. The van der Waals surface area contributed by atoms with Crippen LogP contribution in [0.4, 0.5) is 4.79 Å². The predicted octanol–water partition coefficient (Wildman–Crippen LogP) is 2.39. The van der Waals surface area contributed by atoms with Crippen LogP contribution in [0.25, 0.3) is 0 Å². The van der Waals surface area contributed by atoms with Crippen LogP contribution in [0.5, 0.6) is 0 Å². The van der Waals surface area contributed by atoms with Crippen LogP contribution in [0.1, 0.15) is 29.7 Å². The highest BCUT2D eigenvalue weighted by molar-refractivity contribution is 6.03. The Balaban J connectivity index is 1.65. The molecule has 2 N–H and O–H groups in total. The number of rotatable bonds is 4. The molecule has 2 aromatic carbocycles. The molecular formula is C22H25N5O2. The van der Waals surface area contributed by atoms with E-state index in [4.69, 9.17) is 4.99 Å². The second-order valence-electron chi connectivity index (χ2n) is 7.61. The van der Waals surface area contributed by atoms with Crippen molar-refractivity contribution >= 4 is 17.9 Å². The van der Waals surface area contributed by atoms with Crippen LogP contribution in [0.3, 0.4) is 0 Å². The lowest BCUT2D eigenvalue weighted by Crippen LogP contribution is -2.64. The number of hydrogen-bond donors (Lipinski definition) is 2. The fourth-order valence-corrected chi connectivity index (χ4v) is 3.85. The van der Waals surface area contributed by atoms with Crippen LogP contribution in [0, 0.1) is 6.92 Å². The summed E-state index contributed by atoms with van der Waals surface area (Å²) in [5, 5.41) is 5.89. The molecule has 3 amide bonds. The van der Waals surface area contributed by atoms with Crippen molar-refractivity contribution in [2.75, 3.05) is 7.05 Å². The van der Waals surface area contributed by atoms with E-state index in [9.17, 15) is 9.59 Å². The van der Waals surface area contributed by atoms with Gasteiger partial charge in [-0.1, -0.05) is 60.2 Å². The van der Waals surface area contributed by atoms with Crippen LogP contribution < -0.4 is 10.6 Å². The highest BCUT2D eigenvalue weighted by Gasteiger charge is 2.48. The third-order valence-corrected chi connectivity index (χ3v) is 5.44. The molecule has 0 radical (unpaired) electrons. The number of nitrogens with one attached hydrogen (secondary N) is 2. The molecule has 0 saturated carbocycles. The van der Waals surface area contributed by atoms with Crippen molar-refractivity contribution in [1.82, 2.24) is 20.4 Å². The number of benzene rings is 2. The third kappa shape index (κ3) is 3.68. The maximum absolute atomic E-state index is 12.7. The molecule has 3 atom stereocenters. The van der Waals surface area contributed by atoms with Gasteiger partial charge in [0.05, 0.1) is 6.04 Å². The Labute approximate surface area is 170 Å². The van der Waals surface area contributed by atoms with Crippen molar-refractivity contribution in [3.05, 3.63) is 71.3 Å². The molecule has 0 aliphatic carbocycles. The van der Waals surface area contributed by atoms with Crippen LogP contribution in [-0.2, 0) is 11.3 Å². The van der Waals surface area contributed by atoms with E-state index in [0.717, 1.165) is 16.7 Å². The summed E-state index contributed by atoms with van der Waals surface area (Å²) in [5.41, 5.74) is 3.36. The first-order chi connectivity index (χ1) is 13.9. The van der Waals surface area contributed by atoms with E-state index in [1.165, 1.54) is 4.90 Å². The summed E-state index contributed by atoms with van der Waals surface area (Å²) in [6.45, 7) is 4.62. The van der Waals surface area contributed by atoms with Gasteiger partial charge in [-0.2, -0.15) is 0 Å². The number of aliphatic imine (C=N–C) groups is 1. The van der Waals surface area contributed by atoms with Gasteiger partial charge >= 0.3 is 6.03 Å². The molecule has 0 bridgehead atoms. The number of likely N-dealkylation sites (N-methyl/N-ethyl adjacent to an activating group) is 1. The Bertz CT molecular complexity index is 959. The molecule has 0 spiro atoms. The summed E-state index contributed by atoms with van der Waals surface area (Å²) in [6, 6.07) is 17.3. The zero-order chi connectivity index (χ0) is 20.5. The van der Waals surface area contributed by atoms with Gasteiger partial charge in [-0.25, -0.2) is 9.79 Å². The molecule has 2 aliphatic rings. The summed E-state index contributed by atoms with van der Waals surface area (Å²) in [5.74, 6) is 0.299. The van der Waals surface area contributed by atoms with Crippen molar-refractivity contribution in [1.29, 1.82) is 0 Å².